The maximum atomic E-state index is 12.9. The summed E-state index contributed by atoms with van der Waals surface area (Å²) in [6.45, 7) is -1.97. The van der Waals surface area contributed by atoms with E-state index in [0.29, 0.717) is 11.1 Å². The first-order chi connectivity index (χ1) is 18.0. The number of nitrogens with zero attached hydrogens (tertiary/aromatic N) is 1. The van der Waals surface area contributed by atoms with E-state index in [0.717, 1.165) is 10.9 Å². The minimum atomic E-state index is -4.48. The van der Waals surface area contributed by atoms with Crippen molar-refractivity contribution in [2.45, 2.75) is 17.5 Å². The number of amides is 1. The number of carbonyl (C=O) groups excluding carboxylic acids is 1. The van der Waals surface area contributed by atoms with Gasteiger partial charge < -0.3 is 20.1 Å². The fourth-order valence-electron chi connectivity index (χ4n) is 3.28. The van der Waals surface area contributed by atoms with E-state index >= 15 is 0 Å². The molecule has 0 aliphatic carbocycles. The number of hydrogen-bond acceptors (Lipinski definition) is 7. The molecule has 3 aromatic rings. The minimum Gasteiger partial charge on any atom is -0.490 e. The number of carbonyl (C=O) groups is 1. The first-order valence-electron chi connectivity index (χ1n) is 11.3. The van der Waals surface area contributed by atoms with Gasteiger partial charge in [-0.25, -0.2) is 8.42 Å². The van der Waals surface area contributed by atoms with Crippen molar-refractivity contribution in [3.05, 3.63) is 65.9 Å². The van der Waals surface area contributed by atoms with E-state index in [1.807, 2.05) is 24.3 Å². The molecule has 0 spiro atoms. The first-order valence-corrected chi connectivity index (χ1v) is 13.2. The molecular weight excluding hydrogens is 568 g/mol. The second kappa shape index (κ2) is 14.8. The van der Waals surface area contributed by atoms with E-state index in [2.05, 4.69) is 25.1 Å². The van der Waals surface area contributed by atoms with Crippen molar-refractivity contribution in [2.24, 2.45) is 0 Å². The number of para-hydroxylation sites is 1. The van der Waals surface area contributed by atoms with Crippen LogP contribution in [-0.4, -0.2) is 93.6 Å². The Balaban J connectivity index is 0.00000533. The van der Waals surface area contributed by atoms with E-state index in [-0.39, 0.29) is 70.8 Å². The molecule has 1 amide bonds. The number of alkyl halides is 3. The van der Waals surface area contributed by atoms with Crippen LogP contribution in [0.4, 0.5) is 13.2 Å². The number of sulfonamides is 1. The monoisotopic (exact) mass is 593 g/mol. The van der Waals surface area contributed by atoms with Gasteiger partial charge in [0.1, 0.15) is 23.9 Å². The molecular formula is C24H25F3N4NaO5S2. The van der Waals surface area contributed by atoms with Gasteiger partial charge in [-0.15, -0.1) is 0 Å². The zero-order valence-corrected chi connectivity index (χ0v) is 24.8. The van der Waals surface area contributed by atoms with Crippen molar-refractivity contribution >= 4 is 73.7 Å². The van der Waals surface area contributed by atoms with Crippen LogP contribution in [0, 0.1) is 0 Å². The Kier molecular flexibility index (Phi) is 12.4. The number of rotatable bonds is 11. The third-order valence-electron chi connectivity index (χ3n) is 5.05. The Labute approximate surface area is 251 Å². The van der Waals surface area contributed by atoms with Crippen LogP contribution in [-0.2, 0) is 21.2 Å². The van der Waals surface area contributed by atoms with Crippen molar-refractivity contribution in [1.82, 2.24) is 20.3 Å². The van der Waals surface area contributed by atoms with Gasteiger partial charge in [-0.3, -0.25) is 14.5 Å². The molecule has 39 heavy (non-hydrogen) atoms. The standard InChI is InChI=1S/C24H25F3N4O5S2.Na/c1-28-23(37)31-38(33,34)21-12-16(6-7-20(21)36-11-10-35-15-24(25,26)27)8-9-29-22(32)18-13-17-4-2-3-5-19(17)30-14-18;/h2-7,12-14H,8-11,15H2,1H3,(H,29,32)(H2,28,31,37);. The number of thiocarbonyl (C=S) groups is 1. The maximum absolute atomic E-state index is 12.9. The summed E-state index contributed by atoms with van der Waals surface area (Å²) in [5.41, 5.74) is 1.70. The summed E-state index contributed by atoms with van der Waals surface area (Å²) in [4.78, 5) is 16.6. The minimum absolute atomic E-state index is 0. The molecule has 0 aliphatic rings. The second-order valence-electron chi connectivity index (χ2n) is 7.90. The Bertz CT molecular complexity index is 1410. The number of pyridine rings is 1. The first kappa shape index (κ1) is 32.7. The van der Waals surface area contributed by atoms with Crippen LogP contribution in [0.1, 0.15) is 15.9 Å². The SMILES string of the molecule is CNC(=S)NS(=O)(=O)c1cc(CCNC(=O)c2cnc3ccccc3c2)ccc1OCCOCC(F)(F)F.[Na]. The fourth-order valence-corrected chi connectivity index (χ4v) is 4.76. The number of fused-ring (bicyclic) bond motifs is 1. The topological polar surface area (TPSA) is 119 Å². The molecule has 0 fully saturated rings. The number of halogens is 3. The number of hydrogen-bond donors (Lipinski definition) is 3. The quantitative estimate of drug-likeness (QED) is 0.177. The van der Waals surface area contributed by atoms with Crippen molar-refractivity contribution in [2.75, 3.05) is 33.4 Å². The summed E-state index contributed by atoms with van der Waals surface area (Å²) >= 11 is 4.89. The smallest absolute Gasteiger partial charge is 0.411 e. The molecule has 1 radical (unpaired) electrons. The van der Waals surface area contributed by atoms with Crippen molar-refractivity contribution < 1.29 is 35.9 Å². The average molecular weight is 594 g/mol. The molecule has 0 atom stereocenters. The predicted octanol–water partition coefficient (Wildman–Crippen LogP) is 2.57. The third kappa shape index (κ3) is 10.2. The van der Waals surface area contributed by atoms with Crippen LogP contribution in [0.3, 0.4) is 0 Å². The molecule has 205 valence electrons. The van der Waals surface area contributed by atoms with Gasteiger partial charge in [0, 0.05) is 54.7 Å². The largest absolute Gasteiger partial charge is 0.490 e. The molecule has 1 aromatic heterocycles. The molecule has 0 aliphatic heterocycles. The maximum Gasteiger partial charge on any atom is 0.411 e. The van der Waals surface area contributed by atoms with Gasteiger partial charge in [0.05, 0.1) is 17.7 Å². The Morgan fingerprint density at radius 3 is 2.56 bits per heavy atom. The zero-order chi connectivity index (χ0) is 27.8. The molecule has 1 heterocycles. The van der Waals surface area contributed by atoms with E-state index in [9.17, 15) is 26.4 Å². The second-order valence-corrected chi connectivity index (χ2v) is 9.96. The third-order valence-corrected chi connectivity index (χ3v) is 6.86. The summed E-state index contributed by atoms with van der Waals surface area (Å²) in [5.74, 6) is -0.432. The normalized spacial score (nSPS) is 11.4. The molecule has 0 bridgehead atoms. The average Bonchev–Trinajstić information content (AvgIpc) is 2.87. The van der Waals surface area contributed by atoms with E-state index in [1.165, 1.54) is 25.4 Å². The van der Waals surface area contributed by atoms with Gasteiger partial charge in [-0.05, 0) is 48.5 Å². The molecule has 0 unspecified atom stereocenters. The van der Waals surface area contributed by atoms with Crippen LogP contribution in [0.2, 0.25) is 0 Å². The van der Waals surface area contributed by atoms with Crippen molar-refractivity contribution in [3.63, 3.8) is 0 Å². The number of aromatic nitrogens is 1. The van der Waals surface area contributed by atoms with Gasteiger partial charge >= 0.3 is 6.18 Å². The number of benzene rings is 2. The molecule has 2 aromatic carbocycles. The van der Waals surface area contributed by atoms with Crippen molar-refractivity contribution in [1.29, 1.82) is 0 Å². The van der Waals surface area contributed by atoms with Gasteiger partial charge in [-0.2, -0.15) is 13.2 Å². The van der Waals surface area contributed by atoms with Gasteiger partial charge in [-0.1, -0.05) is 24.3 Å². The van der Waals surface area contributed by atoms with Crippen LogP contribution >= 0.6 is 12.2 Å². The van der Waals surface area contributed by atoms with E-state index < -0.39 is 29.4 Å². The summed E-state index contributed by atoms with van der Waals surface area (Å²) in [6.07, 6.45) is -2.73. The molecule has 3 N–H and O–H groups in total. The van der Waals surface area contributed by atoms with Crippen LogP contribution in [0.25, 0.3) is 10.9 Å². The van der Waals surface area contributed by atoms with Crippen LogP contribution < -0.4 is 20.1 Å². The molecule has 3 rings (SSSR count). The van der Waals surface area contributed by atoms with Crippen LogP contribution in [0.15, 0.2) is 59.6 Å². The van der Waals surface area contributed by atoms with Gasteiger partial charge in [0.15, 0.2) is 5.11 Å². The summed E-state index contributed by atoms with van der Waals surface area (Å²) in [7, 11) is -2.76. The Hall–Kier alpha value is -2.49. The van der Waals surface area contributed by atoms with Gasteiger partial charge in [0.2, 0.25) is 0 Å². The summed E-state index contributed by atoms with van der Waals surface area (Å²) in [6, 6.07) is 13.4. The number of ether oxygens (including phenoxy) is 2. The molecule has 15 heteroatoms. The molecule has 0 saturated carbocycles. The fraction of sp³-hybridized carbons (Fsp3) is 0.292. The van der Waals surface area contributed by atoms with E-state index in [4.69, 9.17) is 17.0 Å². The summed E-state index contributed by atoms with van der Waals surface area (Å²) < 4.78 is 74.6. The number of nitrogens with one attached hydrogen (secondary N) is 3. The van der Waals surface area contributed by atoms with Gasteiger partial charge in [0.25, 0.3) is 15.9 Å². The molecule has 0 saturated heterocycles. The zero-order valence-electron chi connectivity index (χ0n) is 21.2. The van der Waals surface area contributed by atoms with Crippen LogP contribution in [0.5, 0.6) is 5.75 Å². The van der Waals surface area contributed by atoms with E-state index in [1.54, 1.807) is 12.1 Å². The predicted molar refractivity (Wildman–Crippen MR) is 144 cm³/mol. The van der Waals surface area contributed by atoms with Crippen molar-refractivity contribution in [3.8, 4) is 5.75 Å². The Morgan fingerprint density at radius 1 is 1.10 bits per heavy atom. The Morgan fingerprint density at radius 2 is 1.85 bits per heavy atom. The summed E-state index contributed by atoms with van der Waals surface area (Å²) in [5, 5.41) is 5.93. The molecule has 9 nitrogen and oxygen atoms in total.